The van der Waals surface area contributed by atoms with Gasteiger partial charge in [0.1, 0.15) is 0 Å². The van der Waals surface area contributed by atoms with Crippen molar-refractivity contribution in [1.29, 1.82) is 0 Å². The molecule has 0 spiro atoms. The molecule has 0 atom stereocenters. The average molecular weight is 354 g/mol. The third kappa shape index (κ3) is 2.24. The molecule has 1 heterocycles. The smallest absolute Gasteiger partial charge is 0.182 e. The van der Waals surface area contributed by atoms with Gasteiger partial charge in [0.15, 0.2) is 4.77 Å². The third-order valence-electron chi connectivity index (χ3n) is 3.06. The Hall–Kier alpha value is -1.10. The number of imidazole rings is 1. The highest BCUT2D eigenvalue weighted by molar-refractivity contribution is 9.10. The lowest BCUT2D eigenvalue weighted by molar-refractivity contribution is 1.06. The van der Waals surface area contributed by atoms with E-state index in [-0.39, 0.29) is 0 Å². The molecule has 3 aromatic rings. The van der Waals surface area contributed by atoms with Crippen LogP contribution in [0.15, 0.2) is 40.9 Å². The molecule has 0 amide bonds. The summed E-state index contributed by atoms with van der Waals surface area (Å²) in [5.74, 6) is 0. The minimum atomic E-state index is 0.660. The van der Waals surface area contributed by atoms with Crippen molar-refractivity contribution in [2.24, 2.45) is 0 Å². The summed E-state index contributed by atoms with van der Waals surface area (Å²) in [6.07, 6.45) is 0. The van der Waals surface area contributed by atoms with Crippen molar-refractivity contribution >= 4 is 50.8 Å². The van der Waals surface area contributed by atoms with Gasteiger partial charge in [-0.25, -0.2) is 0 Å². The molecule has 0 radical (unpaired) electrons. The Morgan fingerprint density at radius 1 is 1.21 bits per heavy atom. The predicted octanol–water partition coefficient (Wildman–Crippen LogP) is 5.41. The minimum Gasteiger partial charge on any atom is -0.330 e. The maximum Gasteiger partial charge on any atom is 0.182 e. The van der Waals surface area contributed by atoms with Gasteiger partial charge >= 0.3 is 0 Å². The maximum atomic E-state index is 6.00. The lowest BCUT2D eigenvalue weighted by atomic mass is 10.2. The molecule has 3 rings (SSSR count). The summed E-state index contributed by atoms with van der Waals surface area (Å²) < 4.78 is 3.73. The molecule has 0 aliphatic rings. The number of hydrogen-bond acceptors (Lipinski definition) is 1. The Labute approximate surface area is 129 Å². The lowest BCUT2D eigenvalue weighted by Crippen LogP contribution is -1.94. The molecule has 0 saturated carbocycles. The van der Waals surface area contributed by atoms with Gasteiger partial charge in [-0.2, -0.15) is 0 Å². The summed E-state index contributed by atoms with van der Waals surface area (Å²) in [6, 6.07) is 11.9. The maximum absolute atomic E-state index is 6.00. The van der Waals surface area contributed by atoms with Crippen molar-refractivity contribution < 1.29 is 0 Å². The molecule has 2 aromatic carbocycles. The summed E-state index contributed by atoms with van der Waals surface area (Å²) in [5.41, 5.74) is 4.17. The van der Waals surface area contributed by atoms with Gasteiger partial charge in [-0.3, -0.25) is 4.57 Å². The van der Waals surface area contributed by atoms with Crippen molar-refractivity contribution in [1.82, 2.24) is 9.55 Å². The second-order valence-corrected chi connectivity index (χ2v) is 6.04. The predicted molar refractivity (Wildman–Crippen MR) is 85.9 cm³/mol. The van der Waals surface area contributed by atoms with E-state index in [9.17, 15) is 0 Å². The number of H-pyrrole nitrogens is 1. The molecule has 1 N–H and O–H groups in total. The monoisotopic (exact) mass is 352 g/mol. The lowest BCUT2D eigenvalue weighted by Gasteiger charge is -2.07. The van der Waals surface area contributed by atoms with E-state index >= 15 is 0 Å². The van der Waals surface area contributed by atoms with Crippen molar-refractivity contribution in [2.75, 3.05) is 0 Å². The van der Waals surface area contributed by atoms with E-state index < -0.39 is 0 Å². The van der Waals surface area contributed by atoms with Crippen molar-refractivity contribution in [2.45, 2.75) is 6.92 Å². The van der Waals surface area contributed by atoms with Gasteiger partial charge in [0, 0.05) is 15.2 Å². The number of hydrogen-bond donors (Lipinski definition) is 1. The molecule has 2 nitrogen and oxygen atoms in total. The van der Waals surface area contributed by atoms with Crippen LogP contribution < -0.4 is 0 Å². The van der Waals surface area contributed by atoms with Crippen LogP contribution >= 0.6 is 39.7 Å². The fourth-order valence-corrected chi connectivity index (χ4v) is 2.91. The van der Waals surface area contributed by atoms with Crippen LogP contribution in [0.2, 0.25) is 5.02 Å². The Balaban J connectivity index is 2.32. The number of rotatable bonds is 1. The van der Waals surface area contributed by atoms with Crippen LogP contribution in [0.4, 0.5) is 0 Å². The second kappa shape index (κ2) is 4.78. The van der Waals surface area contributed by atoms with Crippen LogP contribution in [-0.4, -0.2) is 9.55 Å². The Kier molecular flexibility index (Phi) is 3.25. The first-order chi connectivity index (χ1) is 9.06. The first kappa shape index (κ1) is 12.9. The summed E-state index contributed by atoms with van der Waals surface area (Å²) in [6.45, 7) is 2.06. The van der Waals surface area contributed by atoms with Crippen molar-refractivity contribution in [3.05, 3.63) is 56.2 Å². The van der Waals surface area contributed by atoms with Gasteiger partial charge in [0.05, 0.1) is 11.0 Å². The van der Waals surface area contributed by atoms with Crippen LogP contribution in [0.25, 0.3) is 16.7 Å². The Morgan fingerprint density at radius 3 is 2.74 bits per heavy atom. The van der Waals surface area contributed by atoms with Crippen molar-refractivity contribution in [3.8, 4) is 5.69 Å². The van der Waals surface area contributed by atoms with Crippen LogP contribution in [-0.2, 0) is 0 Å². The Morgan fingerprint density at radius 2 is 2.00 bits per heavy atom. The van der Waals surface area contributed by atoms with Crippen LogP contribution in [0.5, 0.6) is 0 Å². The second-order valence-electron chi connectivity index (χ2n) is 4.36. The molecule has 1 aromatic heterocycles. The van der Waals surface area contributed by atoms with Crippen molar-refractivity contribution in [3.63, 3.8) is 0 Å². The molecule has 0 fully saturated rings. The molecule has 96 valence electrons. The largest absolute Gasteiger partial charge is 0.330 e. The first-order valence-electron chi connectivity index (χ1n) is 5.73. The number of halogens is 2. The van der Waals surface area contributed by atoms with E-state index in [1.165, 1.54) is 5.56 Å². The highest BCUT2D eigenvalue weighted by Gasteiger charge is 2.08. The van der Waals surface area contributed by atoms with E-state index in [0.717, 1.165) is 21.2 Å². The quantitative estimate of drug-likeness (QED) is 0.580. The first-order valence-corrected chi connectivity index (χ1v) is 7.31. The van der Waals surface area contributed by atoms with E-state index in [1.54, 1.807) is 0 Å². The van der Waals surface area contributed by atoms with E-state index in [2.05, 4.69) is 46.0 Å². The number of nitrogens with zero attached hydrogens (tertiary/aromatic N) is 1. The minimum absolute atomic E-state index is 0.660. The summed E-state index contributed by atoms with van der Waals surface area (Å²) in [5, 5.41) is 0.695. The normalized spacial score (nSPS) is 11.1. The molecular formula is C14H10BrClN2S. The van der Waals surface area contributed by atoms with E-state index in [0.29, 0.717) is 9.79 Å². The molecule has 0 aliphatic heterocycles. The van der Waals surface area contributed by atoms with Gasteiger partial charge < -0.3 is 4.98 Å². The summed E-state index contributed by atoms with van der Waals surface area (Å²) >= 11 is 15.0. The van der Waals surface area contributed by atoms with Gasteiger partial charge in [0.2, 0.25) is 0 Å². The topological polar surface area (TPSA) is 20.7 Å². The highest BCUT2D eigenvalue weighted by atomic mass is 79.9. The third-order valence-corrected chi connectivity index (χ3v) is 4.43. The molecule has 0 bridgehead atoms. The molecule has 0 unspecified atom stereocenters. The van der Waals surface area contributed by atoms with Gasteiger partial charge in [-0.05, 0) is 55.0 Å². The standard InChI is InChI=1S/C14H10BrClN2S/c1-8-2-4-10(7-11(8)15)18-13-5-3-9(16)6-12(13)17-14(18)19/h2-7H,1H3,(H,17,19). The zero-order chi connectivity index (χ0) is 13.6. The number of aryl methyl sites for hydroxylation is 1. The van der Waals surface area contributed by atoms with Gasteiger partial charge in [0.25, 0.3) is 0 Å². The fraction of sp³-hybridized carbons (Fsp3) is 0.0714. The zero-order valence-corrected chi connectivity index (χ0v) is 13.2. The summed E-state index contributed by atoms with van der Waals surface area (Å²) in [7, 11) is 0. The average Bonchev–Trinajstić information content (AvgIpc) is 2.68. The molecule has 0 aliphatic carbocycles. The highest BCUT2D eigenvalue weighted by Crippen LogP contribution is 2.25. The Bertz CT molecular complexity index is 835. The van der Waals surface area contributed by atoms with E-state index in [1.807, 2.05) is 22.8 Å². The van der Waals surface area contributed by atoms with Gasteiger partial charge in [-0.1, -0.05) is 33.6 Å². The van der Waals surface area contributed by atoms with Crippen LogP contribution in [0.1, 0.15) is 5.56 Å². The number of aromatic nitrogens is 2. The molecule has 5 heteroatoms. The SMILES string of the molecule is Cc1ccc(-n2c(=S)[nH]c3cc(Cl)ccc32)cc1Br. The van der Waals surface area contributed by atoms with Gasteiger partial charge in [-0.15, -0.1) is 0 Å². The number of nitrogens with one attached hydrogen (secondary N) is 1. The summed E-state index contributed by atoms with van der Waals surface area (Å²) in [4.78, 5) is 3.18. The molecule has 0 saturated heterocycles. The van der Waals surface area contributed by atoms with Crippen LogP contribution in [0, 0.1) is 11.7 Å². The number of aromatic amines is 1. The van der Waals surface area contributed by atoms with E-state index in [4.69, 9.17) is 23.8 Å². The van der Waals surface area contributed by atoms with Crippen LogP contribution in [0.3, 0.4) is 0 Å². The fourth-order valence-electron chi connectivity index (χ4n) is 2.06. The molecule has 19 heavy (non-hydrogen) atoms. The number of benzene rings is 2. The number of fused-ring (bicyclic) bond motifs is 1. The zero-order valence-electron chi connectivity index (χ0n) is 10.1. The molecular weight excluding hydrogens is 344 g/mol.